The van der Waals surface area contributed by atoms with E-state index in [2.05, 4.69) is 20.0 Å². The molecule has 2 heterocycles. The van der Waals surface area contributed by atoms with E-state index in [1.54, 1.807) is 0 Å². The first kappa shape index (κ1) is 15.8. The lowest BCUT2D eigenvalue weighted by atomic mass is 10.0. The largest absolute Gasteiger partial charge is 0.444 e. The molecule has 118 valence electrons. The summed E-state index contributed by atoms with van der Waals surface area (Å²) in [5, 5.41) is 7.02. The number of aromatic nitrogens is 2. The summed E-state index contributed by atoms with van der Waals surface area (Å²) in [5.74, 6) is 0.620. The van der Waals surface area contributed by atoms with Gasteiger partial charge in [0, 0.05) is 19.1 Å². The van der Waals surface area contributed by atoms with Crippen LogP contribution < -0.4 is 5.32 Å². The van der Waals surface area contributed by atoms with E-state index >= 15 is 0 Å². The Balaban J connectivity index is 1.84. The summed E-state index contributed by atoms with van der Waals surface area (Å²) in [4.78, 5) is 18.0. The second-order valence-corrected chi connectivity index (χ2v) is 6.30. The lowest BCUT2D eigenvalue weighted by Gasteiger charge is -2.36. The summed E-state index contributed by atoms with van der Waals surface area (Å²) >= 11 is 0. The van der Waals surface area contributed by atoms with Crippen LogP contribution in [0.15, 0.2) is 10.9 Å². The zero-order valence-electron chi connectivity index (χ0n) is 13.0. The second kappa shape index (κ2) is 6.89. The molecule has 21 heavy (non-hydrogen) atoms. The Morgan fingerprint density at radius 2 is 2.33 bits per heavy atom. The second-order valence-electron chi connectivity index (χ2n) is 6.30. The number of ether oxygens (including phenoxy) is 1. The van der Waals surface area contributed by atoms with Crippen LogP contribution in [-0.4, -0.2) is 45.9 Å². The van der Waals surface area contributed by atoms with Crippen LogP contribution in [0, 0.1) is 0 Å². The smallest absolute Gasteiger partial charge is 0.410 e. The number of piperidine rings is 1. The lowest BCUT2D eigenvalue weighted by molar-refractivity contribution is 0.00992. The Morgan fingerprint density at radius 1 is 1.52 bits per heavy atom. The molecule has 0 saturated carbocycles. The Morgan fingerprint density at radius 3 is 3.00 bits per heavy atom. The third-order valence-corrected chi connectivity index (χ3v) is 3.33. The first-order valence-corrected chi connectivity index (χ1v) is 7.41. The fourth-order valence-corrected chi connectivity index (χ4v) is 2.39. The van der Waals surface area contributed by atoms with Crippen LogP contribution in [0.4, 0.5) is 4.79 Å². The van der Waals surface area contributed by atoms with Crippen molar-refractivity contribution in [1.82, 2.24) is 20.4 Å². The summed E-state index contributed by atoms with van der Waals surface area (Å²) in [6, 6.07) is 0.153. The first-order valence-electron chi connectivity index (χ1n) is 7.41. The van der Waals surface area contributed by atoms with Gasteiger partial charge in [0.1, 0.15) is 5.60 Å². The lowest BCUT2D eigenvalue weighted by Crippen LogP contribution is -2.50. The van der Waals surface area contributed by atoms with Crippen LogP contribution in [0.25, 0.3) is 0 Å². The van der Waals surface area contributed by atoms with Crippen LogP contribution in [-0.2, 0) is 11.3 Å². The molecule has 0 radical (unpaired) electrons. The van der Waals surface area contributed by atoms with E-state index in [1.165, 1.54) is 6.39 Å². The number of likely N-dealkylation sites (tertiary alicyclic amines) is 1. The van der Waals surface area contributed by atoms with Gasteiger partial charge in [-0.15, -0.1) is 0 Å². The van der Waals surface area contributed by atoms with Crippen molar-refractivity contribution in [1.29, 1.82) is 0 Å². The van der Waals surface area contributed by atoms with Gasteiger partial charge in [-0.1, -0.05) is 5.16 Å². The molecule has 1 amide bonds. The van der Waals surface area contributed by atoms with Gasteiger partial charge < -0.3 is 19.5 Å². The summed E-state index contributed by atoms with van der Waals surface area (Å²) < 4.78 is 10.2. The highest BCUT2D eigenvalue weighted by Crippen LogP contribution is 2.20. The number of hydrogen-bond donors (Lipinski definition) is 1. The number of nitrogens with one attached hydrogen (secondary N) is 1. The quantitative estimate of drug-likeness (QED) is 0.914. The topological polar surface area (TPSA) is 80.5 Å². The molecule has 0 spiro atoms. The zero-order chi connectivity index (χ0) is 15.3. The van der Waals surface area contributed by atoms with Crippen molar-refractivity contribution < 1.29 is 14.1 Å². The van der Waals surface area contributed by atoms with Crippen molar-refractivity contribution in [3.63, 3.8) is 0 Å². The Kier molecular flexibility index (Phi) is 5.17. The van der Waals surface area contributed by atoms with Gasteiger partial charge in [0.25, 0.3) is 0 Å². The highest BCUT2D eigenvalue weighted by molar-refractivity contribution is 5.68. The van der Waals surface area contributed by atoms with Crippen molar-refractivity contribution in [2.45, 2.75) is 58.2 Å². The van der Waals surface area contributed by atoms with Crippen LogP contribution in [0.5, 0.6) is 0 Å². The number of rotatable bonds is 4. The SMILES string of the molecule is CC(C)(C)OC(=O)N1CCCCC1CNCc1ncon1. The van der Waals surface area contributed by atoms with E-state index in [4.69, 9.17) is 4.74 Å². The number of amides is 1. The molecular formula is C14H24N4O3. The Bertz CT molecular complexity index is 442. The van der Waals surface area contributed by atoms with Gasteiger partial charge in [0.05, 0.1) is 6.54 Å². The van der Waals surface area contributed by atoms with Crippen molar-refractivity contribution in [2.24, 2.45) is 0 Å². The van der Waals surface area contributed by atoms with Crippen LogP contribution in [0.3, 0.4) is 0 Å². The van der Waals surface area contributed by atoms with Crippen LogP contribution in [0.1, 0.15) is 45.9 Å². The molecule has 1 atom stereocenters. The molecule has 2 rings (SSSR count). The summed E-state index contributed by atoms with van der Waals surface area (Å²) in [6.45, 7) is 7.65. The molecule has 7 heteroatoms. The molecule has 1 aliphatic heterocycles. The molecular weight excluding hydrogens is 272 g/mol. The van der Waals surface area contributed by atoms with E-state index in [9.17, 15) is 4.79 Å². The molecule has 1 saturated heterocycles. The molecule has 1 unspecified atom stereocenters. The summed E-state index contributed by atoms with van der Waals surface area (Å²) in [5.41, 5.74) is -0.461. The van der Waals surface area contributed by atoms with Crippen LogP contribution in [0.2, 0.25) is 0 Å². The van der Waals surface area contributed by atoms with Gasteiger partial charge in [-0.2, -0.15) is 4.98 Å². The third-order valence-electron chi connectivity index (χ3n) is 3.33. The van der Waals surface area contributed by atoms with E-state index in [-0.39, 0.29) is 12.1 Å². The molecule has 0 aromatic carbocycles. The van der Waals surface area contributed by atoms with Gasteiger partial charge in [-0.3, -0.25) is 0 Å². The number of nitrogens with zero attached hydrogens (tertiary/aromatic N) is 3. The minimum atomic E-state index is -0.461. The fourth-order valence-electron chi connectivity index (χ4n) is 2.39. The van der Waals surface area contributed by atoms with E-state index in [0.717, 1.165) is 25.8 Å². The number of carbonyl (C=O) groups excluding carboxylic acids is 1. The predicted molar refractivity (Wildman–Crippen MR) is 76.6 cm³/mol. The summed E-state index contributed by atoms with van der Waals surface area (Å²) in [7, 11) is 0. The van der Waals surface area contributed by atoms with Crippen molar-refractivity contribution in [3.05, 3.63) is 12.2 Å². The van der Waals surface area contributed by atoms with Gasteiger partial charge in [-0.05, 0) is 40.0 Å². The zero-order valence-corrected chi connectivity index (χ0v) is 13.0. The molecule has 1 fully saturated rings. The Hall–Kier alpha value is -1.63. The molecule has 1 aromatic heterocycles. The van der Waals surface area contributed by atoms with Crippen molar-refractivity contribution in [3.8, 4) is 0 Å². The Labute approximate surface area is 125 Å². The maximum absolute atomic E-state index is 12.3. The van der Waals surface area contributed by atoms with Gasteiger partial charge >= 0.3 is 6.09 Å². The highest BCUT2D eigenvalue weighted by atomic mass is 16.6. The highest BCUT2D eigenvalue weighted by Gasteiger charge is 2.30. The average molecular weight is 296 g/mol. The van der Waals surface area contributed by atoms with Crippen LogP contribution >= 0.6 is 0 Å². The molecule has 1 aromatic rings. The minimum absolute atomic E-state index is 0.153. The predicted octanol–water partition coefficient (Wildman–Crippen LogP) is 1.95. The standard InChI is InChI=1S/C14H24N4O3/c1-14(2,3)21-13(19)18-7-5-4-6-11(18)8-15-9-12-16-10-20-17-12/h10-11,15H,4-9H2,1-3H3. The normalized spacial score (nSPS) is 19.6. The number of hydrogen-bond acceptors (Lipinski definition) is 6. The van der Waals surface area contributed by atoms with Crippen molar-refractivity contribution in [2.75, 3.05) is 13.1 Å². The molecule has 1 N–H and O–H groups in total. The minimum Gasteiger partial charge on any atom is -0.444 e. The summed E-state index contributed by atoms with van der Waals surface area (Å²) in [6.07, 6.45) is 4.23. The molecule has 7 nitrogen and oxygen atoms in total. The maximum atomic E-state index is 12.3. The van der Waals surface area contributed by atoms with E-state index < -0.39 is 5.60 Å². The maximum Gasteiger partial charge on any atom is 0.410 e. The van der Waals surface area contributed by atoms with Gasteiger partial charge in [-0.25, -0.2) is 4.79 Å². The van der Waals surface area contributed by atoms with Gasteiger partial charge in [0.2, 0.25) is 6.39 Å². The average Bonchev–Trinajstić information content (AvgIpc) is 2.90. The monoisotopic (exact) mass is 296 g/mol. The van der Waals surface area contributed by atoms with Gasteiger partial charge in [0.15, 0.2) is 5.82 Å². The molecule has 1 aliphatic rings. The first-order chi connectivity index (χ1) is 9.96. The van der Waals surface area contributed by atoms with Crippen molar-refractivity contribution >= 4 is 6.09 Å². The molecule has 0 bridgehead atoms. The number of carbonyl (C=O) groups is 1. The van der Waals surface area contributed by atoms with E-state index in [0.29, 0.717) is 18.9 Å². The van der Waals surface area contributed by atoms with E-state index in [1.807, 2.05) is 25.7 Å². The molecule has 0 aliphatic carbocycles. The third kappa shape index (κ3) is 5.00. The fraction of sp³-hybridized carbons (Fsp3) is 0.786.